The molecule has 0 unspecified atom stereocenters. The molecular weight excluding hydrogens is 300 g/mol. The fourth-order valence-corrected chi connectivity index (χ4v) is 2.63. The minimum absolute atomic E-state index is 0.188. The third kappa shape index (κ3) is 5.36. The van der Waals surface area contributed by atoms with Crippen LogP contribution in [-0.4, -0.2) is 5.11 Å². The summed E-state index contributed by atoms with van der Waals surface area (Å²) < 4.78 is 0. The van der Waals surface area contributed by atoms with Crippen molar-refractivity contribution in [2.24, 2.45) is 0 Å². The van der Waals surface area contributed by atoms with Crippen LogP contribution in [0.4, 0.5) is 0 Å². The molecule has 0 radical (unpaired) electrons. The van der Waals surface area contributed by atoms with Gasteiger partial charge in [0.05, 0.1) is 6.04 Å². The van der Waals surface area contributed by atoms with Crippen molar-refractivity contribution in [3.63, 3.8) is 0 Å². The van der Waals surface area contributed by atoms with Crippen LogP contribution in [0.5, 0.6) is 0 Å². The highest BCUT2D eigenvalue weighted by Crippen LogP contribution is 2.22. The van der Waals surface area contributed by atoms with Crippen molar-refractivity contribution >= 4 is 17.3 Å². The van der Waals surface area contributed by atoms with E-state index in [4.69, 9.17) is 12.2 Å². The van der Waals surface area contributed by atoms with Gasteiger partial charge in [0.15, 0.2) is 5.11 Å². The van der Waals surface area contributed by atoms with E-state index in [2.05, 4.69) is 74.7 Å². The number of hydrogen-bond acceptors (Lipinski definition) is 1. The molecule has 2 rings (SSSR count). The summed E-state index contributed by atoms with van der Waals surface area (Å²) >= 11 is 5.39. The second kappa shape index (κ2) is 7.60. The van der Waals surface area contributed by atoms with E-state index in [0.717, 1.165) is 6.54 Å². The van der Waals surface area contributed by atoms with E-state index in [-0.39, 0.29) is 11.5 Å². The van der Waals surface area contributed by atoms with Crippen LogP contribution in [0.2, 0.25) is 0 Å². The van der Waals surface area contributed by atoms with Gasteiger partial charge < -0.3 is 10.6 Å². The summed E-state index contributed by atoms with van der Waals surface area (Å²) in [6.45, 7) is 9.53. The lowest BCUT2D eigenvalue weighted by atomic mass is 9.87. The molecule has 0 fully saturated rings. The van der Waals surface area contributed by atoms with Gasteiger partial charge in [0.1, 0.15) is 0 Å². The molecule has 0 saturated heterocycles. The SMILES string of the molecule is C[C@H](NC(=S)NCc1ccc(C(C)(C)C)cc1)c1ccccc1. The first-order chi connectivity index (χ1) is 10.9. The van der Waals surface area contributed by atoms with E-state index < -0.39 is 0 Å². The minimum atomic E-state index is 0.188. The Bertz CT molecular complexity index is 627. The van der Waals surface area contributed by atoms with Crippen molar-refractivity contribution in [2.75, 3.05) is 0 Å². The minimum Gasteiger partial charge on any atom is -0.359 e. The maximum Gasteiger partial charge on any atom is 0.167 e. The number of hydrogen-bond donors (Lipinski definition) is 2. The predicted molar refractivity (Wildman–Crippen MR) is 103 cm³/mol. The van der Waals surface area contributed by atoms with Gasteiger partial charge in [0, 0.05) is 6.54 Å². The van der Waals surface area contributed by atoms with Crippen LogP contribution in [0.25, 0.3) is 0 Å². The topological polar surface area (TPSA) is 24.1 Å². The van der Waals surface area contributed by atoms with E-state index in [0.29, 0.717) is 5.11 Å². The third-order valence-corrected chi connectivity index (χ3v) is 4.18. The van der Waals surface area contributed by atoms with Crippen molar-refractivity contribution in [1.29, 1.82) is 0 Å². The average molecular weight is 327 g/mol. The van der Waals surface area contributed by atoms with Crippen LogP contribution < -0.4 is 10.6 Å². The first kappa shape index (κ1) is 17.5. The van der Waals surface area contributed by atoms with Crippen molar-refractivity contribution in [1.82, 2.24) is 10.6 Å². The van der Waals surface area contributed by atoms with Crippen molar-refractivity contribution in [2.45, 2.75) is 45.7 Å². The maximum atomic E-state index is 5.39. The highest BCUT2D eigenvalue weighted by molar-refractivity contribution is 7.80. The molecule has 3 heteroatoms. The smallest absolute Gasteiger partial charge is 0.167 e. The fourth-order valence-electron chi connectivity index (χ4n) is 2.38. The predicted octanol–water partition coefficient (Wildman–Crippen LogP) is 4.71. The van der Waals surface area contributed by atoms with E-state index in [1.807, 2.05) is 18.2 Å². The summed E-state index contributed by atoms with van der Waals surface area (Å²) in [6, 6.07) is 19.2. The van der Waals surface area contributed by atoms with Gasteiger partial charge in [-0.05, 0) is 41.2 Å². The van der Waals surface area contributed by atoms with E-state index in [1.165, 1.54) is 16.7 Å². The van der Waals surface area contributed by atoms with Gasteiger partial charge in [0.2, 0.25) is 0 Å². The van der Waals surface area contributed by atoms with Gasteiger partial charge in [-0.25, -0.2) is 0 Å². The van der Waals surface area contributed by atoms with E-state index >= 15 is 0 Å². The molecule has 2 aromatic carbocycles. The molecule has 0 aliphatic heterocycles. The molecule has 0 bridgehead atoms. The lowest BCUT2D eigenvalue weighted by molar-refractivity contribution is 0.590. The Morgan fingerprint density at radius 3 is 2.17 bits per heavy atom. The Kier molecular flexibility index (Phi) is 5.78. The normalized spacial score (nSPS) is 12.5. The van der Waals surface area contributed by atoms with E-state index in [9.17, 15) is 0 Å². The van der Waals surface area contributed by atoms with Crippen LogP contribution in [-0.2, 0) is 12.0 Å². The first-order valence-corrected chi connectivity index (χ1v) is 8.46. The average Bonchev–Trinajstić information content (AvgIpc) is 2.53. The first-order valence-electron chi connectivity index (χ1n) is 8.05. The molecule has 0 amide bonds. The highest BCUT2D eigenvalue weighted by atomic mass is 32.1. The maximum absolute atomic E-state index is 5.39. The Morgan fingerprint density at radius 1 is 1.00 bits per heavy atom. The lowest BCUT2D eigenvalue weighted by Gasteiger charge is -2.20. The molecule has 2 N–H and O–H groups in total. The lowest BCUT2D eigenvalue weighted by Crippen LogP contribution is -2.36. The zero-order valence-electron chi connectivity index (χ0n) is 14.4. The Hall–Kier alpha value is -1.87. The van der Waals surface area contributed by atoms with Crippen LogP contribution in [0.3, 0.4) is 0 Å². The number of rotatable bonds is 4. The molecule has 2 nitrogen and oxygen atoms in total. The summed E-state index contributed by atoms with van der Waals surface area (Å²) in [5, 5.41) is 7.28. The van der Waals surface area contributed by atoms with Crippen LogP contribution in [0.15, 0.2) is 54.6 Å². The zero-order valence-corrected chi connectivity index (χ0v) is 15.2. The van der Waals surface area contributed by atoms with Gasteiger partial charge in [-0.3, -0.25) is 0 Å². The summed E-state index contributed by atoms with van der Waals surface area (Å²) in [6.07, 6.45) is 0. The molecule has 0 aliphatic carbocycles. The molecule has 0 heterocycles. The number of nitrogens with one attached hydrogen (secondary N) is 2. The molecule has 2 aromatic rings. The van der Waals surface area contributed by atoms with Gasteiger partial charge in [0.25, 0.3) is 0 Å². The van der Waals surface area contributed by atoms with Crippen molar-refractivity contribution in [3.05, 3.63) is 71.3 Å². The van der Waals surface area contributed by atoms with Crippen LogP contribution >= 0.6 is 12.2 Å². The second-order valence-electron chi connectivity index (χ2n) is 6.91. The van der Waals surface area contributed by atoms with Gasteiger partial charge in [-0.2, -0.15) is 0 Å². The number of thiocarbonyl (C=S) groups is 1. The third-order valence-electron chi connectivity index (χ3n) is 3.92. The molecule has 0 aliphatic rings. The number of benzene rings is 2. The van der Waals surface area contributed by atoms with Gasteiger partial charge >= 0.3 is 0 Å². The van der Waals surface area contributed by atoms with Gasteiger partial charge in [-0.1, -0.05) is 75.4 Å². The Labute approximate surface area is 145 Å². The van der Waals surface area contributed by atoms with Gasteiger partial charge in [-0.15, -0.1) is 0 Å². The van der Waals surface area contributed by atoms with Crippen molar-refractivity contribution < 1.29 is 0 Å². The zero-order chi connectivity index (χ0) is 16.9. The molecule has 0 aromatic heterocycles. The van der Waals surface area contributed by atoms with E-state index in [1.54, 1.807) is 0 Å². The molecule has 23 heavy (non-hydrogen) atoms. The summed E-state index contributed by atoms with van der Waals surface area (Å²) in [4.78, 5) is 0. The Morgan fingerprint density at radius 2 is 1.61 bits per heavy atom. The molecule has 122 valence electrons. The quantitative estimate of drug-likeness (QED) is 0.796. The molecular formula is C20H26N2S. The standard InChI is InChI=1S/C20H26N2S/c1-15(17-8-6-5-7-9-17)22-19(23)21-14-16-10-12-18(13-11-16)20(2,3)4/h5-13,15H,14H2,1-4H3,(H2,21,22,23)/t15-/m0/s1. The molecule has 0 saturated carbocycles. The van der Waals surface area contributed by atoms with Crippen molar-refractivity contribution in [3.8, 4) is 0 Å². The summed E-state index contributed by atoms with van der Waals surface area (Å²) in [5.74, 6) is 0. The summed E-state index contributed by atoms with van der Waals surface area (Å²) in [5.41, 5.74) is 3.99. The van der Waals surface area contributed by atoms with Crippen LogP contribution in [0.1, 0.15) is 50.4 Å². The highest BCUT2D eigenvalue weighted by Gasteiger charge is 2.12. The fraction of sp³-hybridized carbons (Fsp3) is 0.350. The monoisotopic (exact) mass is 326 g/mol. The van der Waals surface area contributed by atoms with Crippen LogP contribution in [0, 0.1) is 0 Å². The Balaban J connectivity index is 1.85. The molecule has 1 atom stereocenters. The second-order valence-corrected chi connectivity index (χ2v) is 7.31. The molecule has 0 spiro atoms. The largest absolute Gasteiger partial charge is 0.359 e. The summed E-state index contributed by atoms with van der Waals surface area (Å²) in [7, 11) is 0.